The molecule has 3 saturated heterocycles. The van der Waals surface area contributed by atoms with Gasteiger partial charge in [0.25, 0.3) is 0 Å². The lowest BCUT2D eigenvalue weighted by Crippen LogP contribution is -2.53. The van der Waals surface area contributed by atoms with Crippen molar-refractivity contribution in [3.8, 4) is 0 Å². The van der Waals surface area contributed by atoms with Crippen molar-refractivity contribution in [2.75, 3.05) is 92.2 Å². The molecule has 2 amide bonds. The van der Waals surface area contributed by atoms with Gasteiger partial charge in [-0.3, -0.25) is 25.3 Å². The molecule has 13 nitrogen and oxygen atoms in total. The normalized spacial score (nSPS) is 21.3. The molecular formula is C27H49N7O6. The molecule has 3 aliphatic heterocycles. The maximum absolute atomic E-state index is 12.4. The molecule has 0 saturated carbocycles. The minimum Gasteiger partial charge on any atom is -0.469 e. The van der Waals surface area contributed by atoms with Crippen LogP contribution < -0.4 is 5.32 Å². The number of amides is 2. The van der Waals surface area contributed by atoms with E-state index in [0.29, 0.717) is 32.6 Å². The Bertz CT molecular complexity index is 851. The van der Waals surface area contributed by atoms with Gasteiger partial charge in [0.2, 0.25) is 5.96 Å². The second-order valence-corrected chi connectivity index (χ2v) is 11.8. The van der Waals surface area contributed by atoms with Gasteiger partial charge < -0.3 is 28.9 Å². The Morgan fingerprint density at radius 3 is 2.12 bits per heavy atom. The number of nitrogens with zero attached hydrogens (tertiary/aromatic N) is 5. The number of hydrogen-bond donors (Lipinski definition) is 2. The van der Waals surface area contributed by atoms with Crippen molar-refractivity contribution in [2.24, 2.45) is 0 Å². The second-order valence-electron chi connectivity index (χ2n) is 11.8. The summed E-state index contributed by atoms with van der Waals surface area (Å²) in [5, 5.41) is 10.7. The van der Waals surface area contributed by atoms with E-state index in [9.17, 15) is 14.4 Å². The maximum atomic E-state index is 12.4. The van der Waals surface area contributed by atoms with Gasteiger partial charge in [0.1, 0.15) is 11.7 Å². The summed E-state index contributed by atoms with van der Waals surface area (Å²) in [5.41, 5.74) is -0.596. The molecule has 1 atom stereocenters. The van der Waals surface area contributed by atoms with Crippen molar-refractivity contribution in [2.45, 2.75) is 58.2 Å². The number of carbonyl (C=O) groups excluding carboxylic acids is 3. The summed E-state index contributed by atoms with van der Waals surface area (Å²) >= 11 is 0. The van der Waals surface area contributed by atoms with E-state index < -0.39 is 11.7 Å². The van der Waals surface area contributed by atoms with E-state index >= 15 is 0 Å². The minimum absolute atomic E-state index is 0.0773. The lowest BCUT2D eigenvalue weighted by molar-refractivity contribution is -0.140. The van der Waals surface area contributed by atoms with Crippen LogP contribution in [0.4, 0.5) is 9.59 Å². The van der Waals surface area contributed by atoms with Crippen molar-refractivity contribution in [3.05, 3.63) is 0 Å². The zero-order chi connectivity index (χ0) is 29.1. The van der Waals surface area contributed by atoms with Gasteiger partial charge >= 0.3 is 18.2 Å². The van der Waals surface area contributed by atoms with Crippen LogP contribution in [0, 0.1) is 5.41 Å². The average Bonchev–Trinajstić information content (AvgIpc) is 3.25. The first kappa shape index (κ1) is 31.9. The number of alkyl carbamates (subject to hydrolysis) is 1. The Labute approximate surface area is 238 Å². The number of unbranched alkanes of at least 4 members (excludes halogenated alkanes) is 1. The first-order valence-corrected chi connectivity index (χ1v) is 14.6. The van der Waals surface area contributed by atoms with Gasteiger partial charge in [-0.25, -0.2) is 9.59 Å². The number of guanidine groups is 1. The summed E-state index contributed by atoms with van der Waals surface area (Å²) in [6.07, 6.45) is 2.28. The fraction of sp³-hybridized carbons (Fsp3) is 0.852. The van der Waals surface area contributed by atoms with Crippen LogP contribution in [0.15, 0.2) is 0 Å². The van der Waals surface area contributed by atoms with Gasteiger partial charge in [0.15, 0.2) is 0 Å². The predicted molar refractivity (Wildman–Crippen MR) is 150 cm³/mol. The smallest absolute Gasteiger partial charge is 0.414 e. The Kier molecular flexibility index (Phi) is 12.3. The van der Waals surface area contributed by atoms with E-state index in [1.807, 2.05) is 9.80 Å². The monoisotopic (exact) mass is 567 g/mol. The van der Waals surface area contributed by atoms with Gasteiger partial charge in [-0.15, -0.1) is 0 Å². The highest BCUT2D eigenvalue weighted by Gasteiger charge is 2.33. The van der Waals surface area contributed by atoms with Crippen LogP contribution >= 0.6 is 0 Å². The quantitative estimate of drug-likeness (QED) is 0.124. The number of nitrogens with one attached hydrogen (secondary N) is 2. The van der Waals surface area contributed by atoms with E-state index in [1.54, 1.807) is 20.8 Å². The predicted octanol–water partition coefficient (Wildman–Crippen LogP) is 1.24. The number of cyclic esters (lactones) is 1. The summed E-state index contributed by atoms with van der Waals surface area (Å²) in [4.78, 5) is 46.3. The van der Waals surface area contributed by atoms with Crippen LogP contribution in [0.2, 0.25) is 0 Å². The summed E-state index contributed by atoms with van der Waals surface area (Å²) in [7, 11) is 1.42. The molecule has 40 heavy (non-hydrogen) atoms. The molecule has 1 unspecified atom stereocenters. The van der Waals surface area contributed by atoms with Crippen LogP contribution in [0.5, 0.6) is 0 Å². The molecule has 13 heteroatoms. The summed E-state index contributed by atoms with van der Waals surface area (Å²) in [5.74, 6) is -0.0775. The highest BCUT2D eigenvalue weighted by atomic mass is 16.6. The number of methoxy groups -OCH3 is 1. The third-order valence-corrected chi connectivity index (χ3v) is 7.42. The number of piperazine rings is 2. The van der Waals surface area contributed by atoms with Gasteiger partial charge in [-0.05, 0) is 53.1 Å². The third-order valence-electron chi connectivity index (χ3n) is 7.42. The van der Waals surface area contributed by atoms with E-state index in [0.717, 1.165) is 78.2 Å². The van der Waals surface area contributed by atoms with Crippen molar-refractivity contribution in [1.29, 1.82) is 5.41 Å². The Balaban J connectivity index is 1.23. The molecule has 3 aliphatic rings. The van der Waals surface area contributed by atoms with E-state index in [1.165, 1.54) is 7.11 Å². The molecule has 3 fully saturated rings. The highest BCUT2D eigenvalue weighted by molar-refractivity contribution is 5.92. The topological polar surface area (TPSA) is 131 Å². The molecule has 228 valence electrons. The number of esters is 1. The second kappa shape index (κ2) is 15.4. The van der Waals surface area contributed by atoms with E-state index in [2.05, 4.69) is 20.0 Å². The Morgan fingerprint density at radius 1 is 0.925 bits per heavy atom. The summed E-state index contributed by atoms with van der Waals surface area (Å²) in [6, 6.07) is 0. The first-order valence-electron chi connectivity index (χ1n) is 14.6. The maximum Gasteiger partial charge on any atom is 0.414 e. The molecule has 0 aromatic heterocycles. The zero-order valence-electron chi connectivity index (χ0n) is 24.8. The fourth-order valence-corrected chi connectivity index (χ4v) is 5.20. The standard InChI is InChI=1S/C27H49N7O6/c1-27(2,3)40-25(36)29-24(28)33-18-16-30(17-19-33)9-5-6-11-34-21-22(39-26(34)37)20-32-14-12-31(13-15-32)10-7-8-23(35)38-4/h22H,5-21H2,1-4H3,(H2,28,29,36). The summed E-state index contributed by atoms with van der Waals surface area (Å²) < 4.78 is 15.6. The zero-order valence-corrected chi connectivity index (χ0v) is 24.8. The van der Waals surface area contributed by atoms with Crippen molar-refractivity contribution in [3.63, 3.8) is 0 Å². The largest absolute Gasteiger partial charge is 0.469 e. The third kappa shape index (κ3) is 11.1. The molecule has 0 radical (unpaired) electrons. The van der Waals surface area contributed by atoms with Gasteiger partial charge in [-0.1, -0.05) is 0 Å². The van der Waals surface area contributed by atoms with Gasteiger partial charge in [-0.2, -0.15) is 0 Å². The van der Waals surface area contributed by atoms with Crippen LogP contribution in [0.1, 0.15) is 46.5 Å². The summed E-state index contributed by atoms with van der Waals surface area (Å²) in [6.45, 7) is 16.1. The number of carbonyl (C=O) groups is 3. The molecule has 3 heterocycles. The molecule has 0 aliphatic carbocycles. The molecular weight excluding hydrogens is 518 g/mol. The van der Waals surface area contributed by atoms with Crippen molar-refractivity contribution < 1.29 is 28.6 Å². The molecule has 2 N–H and O–H groups in total. The molecule has 0 aromatic rings. The number of rotatable bonds is 11. The van der Waals surface area contributed by atoms with Gasteiger partial charge in [0, 0.05) is 71.9 Å². The number of ether oxygens (including phenoxy) is 3. The molecule has 0 spiro atoms. The lowest BCUT2D eigenvalue weighted by atomic mass is 10.2. The fourth-order valence-electron chi connectivity index (χ4n) is 5.20. The molecule has 3 rings (SSSR count). The van der Waals surface area contributed by atoms with Gasteiger partial charge in [0.05, 0.1) is 13.7 Å². The molecule has 0 bridgehead atoms. The Morgan fingerprint density at radius 2 is 1.50 bits per heavy atom. The highest BCUT2D eigenvalue weighted by Crippen LogP contribution is 2.15. The van der Waals surface area contributed by atoms with Crippen LogP contribution in [0.25, 0.3) is 0 Å². The first-order chi connectivity index (χ1) is 19.0. The average molecular weight is 568 g/mol. The van der Waals surface area contributed by atoms with Crippen LogP contribution in [-0.4, -0.2) is 153 Å². The van der Waals surface area contributed by atoms with E-state index in [-0.39, 0.29) is 24.1 Å². The lowest BCUT2D eigenvalue weighted by Gasteiger charge is -2.36. The van der Waals surface area contributed by atoms with Crippen LogP contribution in [-0.2, 0) is 19.0 Å². The van der Waals surface area contributed by atoms with Crippen molar-refractivity contribution >= 4 is 24.1 Å². The Hall–Kier alpha value is -2.64. The van der Waals surface area contributed by atoms with Crippen molar-refractivity contribution in [1.82, 2.24) is 29.8 Å². The van der Waals surface area contributed by atoms with E-state index in [4.69, 9.17) is 19.6 Å². The molecule has 0 aromatic carbocycles. The SMILES string of the molecule is COC(=O)CCCN1CCN(CC2CN(CCCCN3CCN(C(=N)NC(=O)OC(C)(C)C)CC3)C(=O)O2)CC1. The van der Waals surface area contributed by atoms with Crippen LogP contribution in [0.3, 0.4) is 0 Å². The number of hydrogen-bond acceptors (Lipinski definition) is 10. The minimum atomic E-state index is -0.603.